The second-order valence-electron chi connectivity index (χ2n) is 6.46. The first kappa shape index (κ1) is 17.1. The lowest BCUT2D eigenvalue weighted by Crippen LogP contribution is -2.31. The maximum Gasteiger partial charge on any atom is 0.255 e. The maximum absolute atomic E-state index is 13.3. The van der Waals surface area contributed by atoms with E-state index in [0.717, 1.165) is 22.4 Å². The number of fused-ring (bicyclic) bond motifs is 1. The fraction of sp³-hybridized carbons (Fsp3) is 0.350. The minimum atomic E-state index is 0.0253. The van der Waals surface area contributed by atoms with E-state index >= 15 is 0 Å². The largest absolute Gasteiger partial charge is 0.335 e. The van der Waals surface area contributed by atoms with E-state index in [0.29, 0.717) is 18.7 Å². The molecule has 2 aromatic heterocycles. The molecule has 3 rings (SSSR count). The molecule has 0 unspecified atom stereocenters. The van der Waals surface area contributed by atoms with Crippen LogP contribution < -0.4 is 0 Å². The number of aryl methyl sites for hydroxylation is 4. The van der Waals surface area contributed by atoms with Gasteiger partial charge in [0.2, 0.25) is 0 Å². The van der Waals surface area contributed by atoms with Gasteiger partial charge >= 0.3 is 0 Å². The molecule has 0 fully saturated rings. The van der Waals surface area contributed by atoms with E-state index < -0.39 is 0 Å². The van der Waals surface area contributed by atoms with Crippen molar-refractivity contribution in [3.8, 4) is 0 Å². The van der Waals surface area contributed by atoms with Gasteiger partial charge in [-0.25, -0.2) is 4.98 Å². The highest BCUT2D eigenvalue weighted by Gasteiger charge is 2.22. The van der Waals surface area contributed by atoms with Crippen LogP contribution in [0.15, 0.2) is 30.3 Å². The Kier molecular flexibility index (Phi) is 4.57. The Labute approximate surface area is 148 Å². The lowest BCUT2D eigenvalue weighted by atomic mass is 10.1. The van der Waals surface area contributed by atoms with Crippen molar-refractivity contribution >= 4 is 16.9 Å². The highest BCUT2D eigenvalue weighted by molar-refractivity contribution is 6.06. The summed E-state index contributed by atoms with van der Waals surface area (Å²) >= 11 is 0. The molecule has 0 spiro atoms. The first-order valence-electron chi connectivity index (χ1n) is 8.57. The van der Waals surface area contributed by atoms with Gasteiger partial charge in [0.25, 0.3) is 5.91 Å². The summed E-state index contributed by atoms with van der Waals surface area (Å²) < 4.78 is 1.74. The third kappa shape index (κ3) is 3.14. The summed E-state index contributed by atoms with van der Waals surface area (Å²) in [6.07, 6.45) is 0. The van der Waals surface area contributed by atoms with Crippen molar-refractivity contribution in [1.29, 1.82) is 0 Å². The molecule has 0 saturated carbocycles. The van der Waals surface area contributed by atoms with Gasteiger partial charge in [0, 0.05) is 25.8 Å². The topological polar surface area (TPSA) is 51.0 Å². The summed E-state index contributed by atoms with van der Waals surface area (Å²) in [5, 5.41) is 5.29. The summed E-state index contributed by atoms with van der Waals surface area (Å²) in [5.41, 5.74) is 5.47. The summed E-state index contributed by atoms with van der Waals surface area (Å²) in [4.78, 5) is 19.7. The molecule has 0 aliphatic rings. The second-order valence-corrected chi connectivity index (χ2v) is 6.46. The summed E-state index contributed by atoms with van der Waals surface area (Å²) in [5.74, 6) is 0.0253. The molecule has 0 aliphatic carbocycles. The molecule has 25 heavy (non-hydrogen) atoms. The zero-order valence-corrected chi connectivity index (χ0v) is 15.5. The number of pyridine rings is 1. The Morgan fingerprint density at radius 1 is 1.20 bits per heavy atom. The van der Waals surface area contributed by atoms with Gasteiger partial charge in [-0.1, -0.05) is 24.3 Å². The number of hydrogen-bond donors (Lipinski definition) is 0. The number of hydrogen-bond acceptors (Lipinski definition) is 3. The quantitative estimate of drug-likeness (QED) is 0.732. The molecule has 5 heteroatoms. The van der Waals surface area contributed by atoms with E-state index in [1.807, 2.05) is 50.9 Å². The fourth-order valence-electron chi connectivity index (χ4n) is 3.23. The molecule has 5 nitrogen and oxygen atoms in total. The number of benzene rings is 1. The van der Waals surface area contributed by atoms with Crippen molar-refractivity contribution in [3.05, 3.63) is 58.4 Å². The van der Waals surface area contributed by atoms with Crippen molar-refractivity contribution in [1.82, 2.24) is 19.7 Å². The normalized spacial score (nSPS) is 11.1. The smallest absolute Gasteiger partial charge is 0.255 e. The molecule has 1 aromatic carbocycles. The molecule has 0 radical (unpaired) electrons. The van der Waals surface area contributed by atoms with Crippen molar-refractivity contribution in [2.24, 2.45) is 7.05 Å². The number of carbonyl (C=O) groups excluding carboxylic acids is 1. The third-order valence-electron chi connectivity index (χ3n) is 4.62. The number of carbonyl (C=O) groups is 1. The van der Waals surface area contributed by atoms with Crippen molar-refractivity contribution in [2.75, 3.05) is 6.54 Å². The fourth-order valence-corrected chi connectivity index (χ4v) is 3.23. The zero-order chi connectivity index (χ0) is 18.1. The van der Waals surface area contributed by atoms with Gasteiger partial charge < -0.3 is 4.90 Å². The number of nitrogens with zero attached hydrogens (tertiary/aromatic N) is 4. The summed E-state index contributed by atoms with van der Waals surface area (Å²) in [6.45, 7) is 9.18. The zero-order valence-electron chi connectivity index (χ0n) is 15.5. The van der Waals surface area contributed by atoms with Crippen LogP contribution in [0.25, 0.3) is 11.0 Å². The van der Waals surface area contributed by atoms with E-state index in [4.69, 9.17) is 0 Å². The van der Waals surface area contributed by atoms with Crippen LogP contribution in [0.4, 0.5) is 0 Å². The van der Waals surface area contributed by atoms with Gasteiger partial charge in [-0.05, 0) is 44.9 Å². The molecule has 2 heterocycles. The number of amides is 1. The molecular weight excluding hydrogens is 312 g/mol. The average Bonchev–Trinajstić information content (AvgIpc) is 2.87. The Morgan fingerprint density at radius 2 is 1.92 bits per heavy atom. The lowest BCUT2D eigenvalue weighted by Gasteiger charge is -2.22. The predicted molar refractivity (Wildman–Crippen MR) is 99.6 cm³/mol. The Bertz CT molecular complexity index is 942. The minimum absolute atomic E-state index is 0.0253. The Morgan fingerprint density at radius 3 is 2.60 bits per heavy atom. The van der Waals surface area contributed by atoms with Gasteiger partial charge in [0.15, 0.2) is 5.65 Å². The van der Waals surface area contributed by atoms with Crippen LogP contribution in [-0.4, -0.2) is 32.1 Å². The van der Waals surface area contributed by atoms with Gasteiger partial charge in [-0.3, -0.25) is 9.48 Å². The van der Waals surface area contributed by atoms with Crippen molar-refractivity contribution < 1.29 is 4.79 Å². The van der Waals surface area contributed by atoms with Crippen LogP contribution in [0.1, 0.15) is 39.8 Å². The van der Waals surface area contributed by atoms with Crippen LogP contribution >= 0.6 is 0 Å². The highest BCUT2D eigenvalue weighted by atomic mass is 16.2. The van der Waals surface area contributed by atoms with E-state index in [2.05, 4.69) is 29.1 Å². The number of aromatic nitrogens is 3. The van der Waals surface area contributed by atoms with Crippen LogP contribution in [-0.2, 0) is 13.6 Å². The van der Waals surface area contributed by atoms with E-state index in [1.54, 1.807) is 4.68 Å². The van der Waals surface area contributed by atoms with Gasteiger partial charge in [-0.2, -0.15) is 5.10 Å². The monoisotopic (exact) mass is 336 g/mol. The first-order chi connectivity index (χ1) is 11.9. The molecule has 0 saturated heterocycles. The molecule has 1 amide bonds. The summed E-state index contributed by atoms with van der Waals surface area (Å²) in [7, 11) is 1.86. The highest BCUT2D eigenvalue weighted by Crippen LogP contribution is 2.24. The number of rotatable bonds is 4. The van der Waals surface area contributed by atoms with Crippen molar-refractivity contribution in [2.45, 2.75) is 34.2 Å². The van der Waals surface area contributed by atoms with Gasteiger partial charge in [-0.15, -0.1) is 0 Å². The predicted octanol–water partition coefficient (Wildman–Crippen LogP) is 3.56. The standard InChI is InChI=1S/C20H24N4O/c1-6-24(12-16-10-8-7-9-13(16)2)20(25)17-11-14(3)21-19-18(17)15(4)22-23(19)5/h7-11H,6,12H2,1-5H3. The maximum atomic E-state index is 13.3. The van der Waals surface area contributed by atoms with Gasteiger partial charge in [0.05, 0.1) is 16.6 Å². The minimum Gasteiger partial charge on any atom is -0.335 e. The van der Waals surface area contributed by atoms with E-state index in [9.17, 15) is 4.79 Å². The third-order valence-corrected chi connectivity index (χ3v) is 4.62. The van der Waals surface area contributed by atoms with Crippen LogP contribution in [0.2, 0.25) is 0 Å². The van der Waals surface area contributed by atoms with Gasteiger partial charge in [0.1, 0.15) is 0 Å². The molecule has 0 atom stereocenters. The van der Waals surface area contributed by atoms with E-state index in [-0.39, 0.29) is 5.91 Å². The SMILES string of the molecule is CCN(Cc1ccccc1C)C(=O)c1cc(C)nc2c1c(C)nn2C. The molecule has 0 N–H and O–H groups in total. The van der Waals surface area contributed by atoms with Crippen LogP contribution in [0, 0.1) is 20.8 Å². The van der Waals surface area contributed by atoms with E-state index in [1.165, 1.54) is 11.1 Å². The molecule has 130 valence electrons. The summed E-state index contributed by atoms with van der Waals surface area (Å²) in [6, 6.07) is 10.1. The Balaban J connectivity index is 2.04. The molecule has 0 bridgehead atoms. The average molecular weight is 336 g/mol. The lowest BCUT2D eigenvalue weighted by molar-refractivity contribution is 0.0754. The second kappa shape index (κ2) is 6.67. The first-order valence-corrected chi connectivity index (χ1v) is 8.57. The van der Waals surface area contributed by atoms with Crippen molar-refractivity contribution in [3.63, 3.8) is 0 Å². The molecule has 3 aromatic rings. The van der Waals surface area contributed by atoms with Crippen LogP contribution in [0.3, 0.4) is 0 Å². The Hall–Kier alpha value is -2.69. The van der Waals surface area contributed by atoms with Crippen LogP contribution in [0.5, 0.6) is 0 Å². The molecule has 0 aliphatic heterocycles. The molecular formula is C20H24N4O.